The molecule has 2 aromatic rings. The van der Waals surface area contributed by atoms with Crippen molar-refractivity contribution in [2.45, 2.75) is 20.3 Å². The Balaban J connectivity index is 2.50. The minimum atomic E-state index is 0.706. The highest BCUT2D eigenvalue weighted by atomic mass is 16.5. The lowest BCUT2D eigenvalue weighted by Gasteiger charge is -2.08. The third kappa shape index (κ3) is 1.98. The maximum absolute atomic E-state index is 5.97. The number of hydrogen-bond acceptors (Lipinski definition) is 3. The van der Waals surface area contributed by atoms with Crippen molar-refractivity contribution in [1.29, 1.82) is 0 Å². The Kier molecular flexibility index (Phi) is 3.04. The van der Waals surface area contributed by atoms with Gasteiger partial charge < -0.3 is 10.5 Å². The third-order valence-corrected chi connectivity index (χ3v) is 2.93. The summed E-state index contributed by atoms with van der Waals surface area (Å²) in [6.07, 6.45) is 0.917. The zero-order valence-corrected chi connectivity index (χ0v) is 10.4. The van der Waals surface area contributed by atoms with Crippen LogP contribution in [0.25, 0.3) is 11.3 Å². The van der Waals surface area contributed by atoms with E-state index in [1.165, 1.54) is 0 Å². The van der Waals surface area contributed by atoms with Gasteiger partial charge in [0.25, 0.3) is 0 Å². The quantitative estimate of drug-likeness (QED) is 0.853. The second-order valence-corrected chi connectivity index (χ2v) is 3.99. The highest BCUT2D eigenvalue weighted by molar-refractivity contribution is 5.75. The number of nitrogen functional groups attached to an aromatic ring is 1. The second-order valence-electron chi connectivity index (χ2n) is 3.99. The Morgan fingerprint density at radius 2 is 2.18 bits per heavy atom. The summed E-state index contributed by atoms with van der Waals surface area (Å²) in [6.45, 7) is 4.01. The van der Waals surface area contributed by atoms with Crippen LogP contribution in [0.1, 0.15) is 18.2 Å². The number of rotatable bonds is 3. The smallest absolute Gasteiger partial charge is 0.122 e. The first-order chi connectivity index (χ1) is 8.17. The van der Waals surface area contributed by atoms with Crippen LogP contribution in [-0.2, 0) is 6.42 Å². The van der Waals surface area contributed by atoms with Crippen LogP contribution >= 0.6 is 0 Å². The highest BCUT2D eigenvalue weighted by Gasteiger charge is 2.11. The number of hydrogen-bond donors (Lipinski definition) is 2. The molecule has 0 amide bonds. The van der Waals surface area contributed by atoms with Gasteiger partial charge in [-0.25, -0.2) is 0 Å². The average molecular weight is 231 g/mol. The van der Waals surface area contributed by atoms with Gasteiger partial charge in [-0.3, -0.25) is 5.10 Å². The molecular weight excluding hydrogens is 214 g/mol. The fourth-order valence-electron chi connectivity index (χ4n) is 1.86. The standard InChI is InChI=1S/C13H17N3O/c1-4-9-7-10(5-6-11(9)17-3)13-12(14)8(2)15-16-13/h5-7H,4,14H2,1-3H3,(H,15,16). The third-order valence-electron chi connectivity index (χ3n) is 2.93. The molecule has 4 heteroatoms. The number of nitrogens with zero attached hydrogens (tertiary/aromatic N) is 1. The molecule has 4 nitrogen and oxygen atoms in total. The molecule has 0 spiro atoms. The molecule has 17 heavy (non-hydrogen) atoms. The zero-order valence-electron chi connectivity index (χ0n) is 10.4. The van der Waals surface area contributed by atoms with Gasteiger partial charge >= 0.3 is 0 Å². The number of H-pyrrole nitrogens is 1. The van der Waals surface area contributed by atoms with E-state index in [1.807, 2.05) is 19.1 Å². The van der Waals surface area contributed by atoms with Gasteiger partial charge in [-0.05, 0) is 37.1 Å². The predicted molar refractivity (Wildman–Crippen MR) is 69.1 cm³/mol. The molecule has 0 radical (unpaired) electrons. The van der Waals surface area contributed by atoms with Crippen LogP contribution in [0, 0.1) is 6.92 Å². The topological polar surface area (TPSA) is 63.9 Å². The second kappa shape index (κ2) is 4.49. The van der Waals surface area contributed by atoms with E-state index in [0.717, 1.165) is 34.7 Å². The predicted octanol–water partition coefficient (Wildman–Crippen LogP) is 2.54. The van der Waals surface area contributed by atoms with Crippen LogP contribution in [-0.4, -0.2) is 17.3 Å². The number of aromatic nitrogens is 2. The largest absolute Gasteiger partial charge is 0.496 e. The van der Waals surface area contributed by atoms with Crippen molar-refractivity contribution in [2.24, 2.45) is 0 Å². The number of nitrogens with one attached hydrogen (secondary N) is 1. The maximum atomic E-state index is 5.97. The number of ether oxygens (including phenoxy) is 1. The maximum Gasteiger partial charge on any atom is 0.122 e. The Morgan fingerprint density at radius 3 is 2.71 bits per heavy atom. The molecule has 0 unspecified atom stereocenters. The lowest BCUT2D eigenvalue weighted by atomic mass is 10.0. The van der Waals surface area contributed by atoms with Crippen LogP contribution in [0.5, 0.6) is 5.75 Å². The van der Waals surface area contributed by atoms with Crippen LogP contribution in [0.2, 0.25) is 0 Å². The van der Waals surface area contributed by atoms with Crippen molar-refractivity contribution in [3.05, 3.63) is 29.5 Å². The first kappa shape index (κ1) is 11.5. The van der Waals surface area contributed by atoms with Gasteiger partial charge in [0.1, 0.15) is 11.4 Å². The van der Waals surface area contributed by atoms with Crippen LogP contribution in [0.4, 0.5) is 5.69 Å². The number of nitrogens with two attached hydrogens (primary N) is 1. The molecule has 0 aliphatic carbocycles. The summed E-state index contributed by atoms with van der Waals surface area (Å²) < 4.78 is 5.30. The monoisotopic (exact) mass is 231 g/mol. The molecule has 0 atom stereocenters. The van der Waals surface area contributed by atoms with Crippen LogP contribution < -0.4 is 10.5 Å². The molecular formula is C13H17N3O. The van der Waals surface area contributed by atoms with Crippen molar-refractivity contribution < 1.29 is 4.74 Å². The summed E-state index contributed by atoms with van der Waals surface area (Å²) in [4.78, 5) is 0. The van der Waals surface area contributed by atoms with Gasteiger partial charge in [-0.2, -0.15) is 5.10 Å². The number of anilines is 1. The number of aryl methyl sites for hydroxylation is 2. The van der Waals surface area contributed by atoms with Crippen molar-refractivity contribution in [3.63, 3.8) is 0 Å². The van der Waals surface area contributed by atoms with E-state index in [0.29, 0.717) is 5.69 Å². The summed E-state index contributed by atoms with van der Waals surface area (Å²) in [5.74, 6) is 0.905. The van der Waals surface area contributed by atoms with Gasteiger partial charge in [0.15, 0.2) is 0 Å². The molecule has 2 rings (SSSR count). The van der Waals surface area contributed by atoms with E-state index in [-0.39, 0.29) is 0 Å². The van der Waals surface area contributed by atoms with E-state index in [1.54, 1.807) is 7.11 Å². The van der Waals surface area contributed by atoms with Gasteiger partial charge in [0.05, 0.1) is 18.5 Å². The van der Waals surface area contributed by atoms with Crippen molar-refractivity contribution in [1.82, 2.24) is 10.2 Å². The summed E-state index contributed by atoms with van der Waals surface area (Å²) >= 11 is 0. The first-order valence-corrected chi connectivity index (χ1v) is 5.65. The van der Waals surface area contributed by atoms with Gasteiger partial charge in [-0.1, -0.05) is 6.92 Å². The Morgan fingerprint density at radius 1 is 1.41 bits per heavy atom. The first-order valence-electron chi connectivity index (χ1n) is 5.65. The van der Waals surface area contributed by atoms with E-state index in [4.69, 9.17) is 10.5 Å². The average Bonchev–Trinajstić information content (AvgIpc) is 2.69. The molecule has 0 aliphatic rings. The van der Waals surface area contributed by atoms with Crippen LogP contribution in [0.15, 0.2) is 18.2 Å². The molecule has 1 heterocycles. The van der Waals surface area contributed by atoms with Crippen LogP contribution in [0.3, 0.4) is 0 Å². The number of aromatic amines is 1. The zero-order chi connectivity index (χ0) is 12.4. The summed E-state index contributed by atoms with van der Waals surface area (Å²) in [5.41, 5.74) is 10.6. The van der Waals surface area contributed by atoms with E-state index in [2.05, 4.69) is 23.2 Å². The Hall–Kier alpha value is -1.97. The Labute approximate surface area is 101 Å². The number of methoxy groups -OCH3 is 1. The van der Waals surface area contributed by atoms with E-state index >= 15 is 0 Å². The lowest BCUT2D eigenvalue weighted by Crippen LogP contribution is -1.93. The molecule has 0 bridgehead atoms. The highest BCUT2D eigenvalue weighted by Crippen LogP contribution is 2.30. The van der Waals surface area contributed by atoms with Crippen molar-refractivity contribution in [3.8, 4) is 17.0 Å². The van der Waals surface area contributed by atoms with E-state index < -0.39 is 0 Å². The number of benzene rings is 1. The molecule has 0 saturated carbocycles. The SMILES string of the molecule is CCc1cc(-c2n[nH]c(C)c2N)ccc1OC. The van der Waals surface area contributed by atoms with Crippen molar-refractivity contribution in [2.75, 3.05) is 12.8 Å². The molecule has 0 saturated heterocycles. The Bertz CT molecular complexity index is 531. The minimum Gasteiger partial charge on any atom is -0.496 e. The fourth-order valence-corrected chi connectivity index (χ4v) is 1.86. The van der Waals surface area contributed by atoms with Gasteiger partial charge in [0, 0.05) is 5.56 Å². The molecule has 3 N–H and O–H groups in total. The molecule has 1 aromatic carbocycles. The van der Waals surface area contributed by atoms with E-state index in [9.17, 15) is 0 Å². The van der Waals surface area contributed by atoms with Gasteiger partial charge in [0.2, 0.25) is 0 Å². The molecule has 0 fully saturated rings. The lowest BCUT2D eigenvalue weighted by molar-refractivity contribution is 0.410. The van der Waals surface area contributed by atoms with Gasteiger partial charge in [-0.15, -0.1) is 0 Å². The molecule has 1 aromatic heterocycles. The fraction of sp³-hybridized carbons (Fsp3) is 0.308. The molecule has 0 aliphatic heterocycles. The summed E-state index contributed by atoms with van der Waals surface area (Å²) in [6, 6.07) is 6.01. The summed E-state index contributed by atoms with van der Waals surface area (Å²) in [5, 5.41) is 7.12. The molecule has 90 valence electrons. The van der Waals surface area contributed by atoms with Crippen molar-refractivity contribution >= 4 is 5.69 Å². The summed E-state index contributed by atoms with van der Waals surface area (Å²) in [7, 11) is 1.68. The normalized spacial score (nSPS) is 10.5. The minimum absolute atomic E-state index is 0.706.